The van der Waals surface area contributed by atoms with Gasteiger partial charge in [-0.1, -0.05) is 6.07 Å². The first-order valence-electron chi connectivity index (χ1n) is 5.01. The second-order valence-electron chi connectivity index (χ2n) is 3.48. The quantitative estimate of drug-likeness (QED) is 0.884. The molecule has 0 saturated carbocycles. The number of hydrogen-bond donors (Lipinski definition) is 1. The van der Waals surface area contributed by atoms with Crippen molar-refractivity contribution in [3.63, 3.8) is 0 Å². The van der Waals surface area contributed by atoms with Gasteiger partial charge in [0.2, 0.25) is 17.2 Å². The summed E-state index contributed by atoms with van der Waals surface area (Å²) < 4.78 is 0. The standard InChI is InChI=1S/C11H9ClN6/c1-18(8-4-2-3-7(5-8)6-13)11-16-9(12)15-10(14)17-11/h2-5H,1H3,(H2,14,15,16,17). The van der Waals surface area contributed by atoms with Gasteiger partial charge in [0.1, 0.15) is 0 Å². The molecule has 2 N–H and O–H groups in total. The third-order valence-electron chi connectivity index (χ3n) is 2.28. The Hall–Kier alpha value is -2.39. The number of halogens is 1. The zero-order chi connectivity index (χ0) is 13.1. The first kappa shape index (κ1) is 12.1. The number of anilines is 3. The topological polar surface area (TPSA) is 91.7 Å². The molecule has 90 valence electrons. The van der Waals surface area contributed by atoms with Crippen LogP contribution in [0.2, 0.25) is 5.28 Å². The lowest BCUT2D eigenvalue weighted by Crippen LogP contribution is -2.15. The van der Waals surface area contributed by atoms with Gasteiger partial charge in [0.05, 0.1) is 11.6 Å². The van der Waals surface area contributed by atoms with Crippen molar-refractivity contribution in [2.75, 3.05) is 17.7 Å². The molecule has 0 fully saturated rings. The van der Waals surface area contributed by atoms with Crippen LogP contribution in [0.15, 0.2) is 24.3 Å². The summed E-state index contributed by atoms with van der Waals surface area (Å²) in [4.78, 5) is 13.3. The molecule has 0 radical (unpaired) electrons. The largest absolute Gasteiger partial charge is 0.368 e. The van der Waals surface area contributed by atoms with Crippen molar-refractivity contribution in [2.24, 2.45) is 0 Å². The molecular formula is C11H9ClN6. The Morgan fingerprint density at radius 3 is 2.78 bits per heavy atom. The highest BCUT2D eigenvalue weighted by Gasteiger charge is 2.10. The predicted octanol–water partition coefficient (Wildman–Crippen LogP) is 1.75. The van der Waals surface area contributed by atoms with Crippen molar-refractivity contribution < 1.29 is 0 Å². The van der Waals surface area contributed by atoms with Gasteiger partial charge < -0.3 is 10.6 Å². The highest BCUT2D eigenvalue weighted by atomic mass is 35.5. The number of nitrogens with zero attached hydrogens (tertiary/aromatic N) is 5. The van der Waals surface area contributed by atoms with Crippen LogP contribution in [-0.4, -0.2) is 22.0 Å². The van der Waals surface area contributed by atoms with Crippen LogP contribution >= 0.6 is 11.6 Å². The molecule has 0 aliphatic carbocycles. The number of nitrogen functional groups attached to an aromatic ring is 1. The van der Waals surface area contributed by atoms with Gasteiger partial charge in [0, 0.05) is 12.7 Å². The molecule has 7 heteroatoms. The molecule has 1 aromatic carbocycles. The van der Waals surface area contributed by atoms with E-state index in [1.807, 2.05) is 6.07 Å². The molecule has 2 rings (SSSR count). The Morgan fingerprint density at radius 1 is 1.33 bits per heavy atom. The van der Waals surface area contributed by atoms with E-state index in [9.17, 15) is 0 Å². The van der Waals surface area contributed by atoms with Gasteiger partial charge in [-0.3, -0.25) is 0 Å². The number of rotatable bonds is 2. The maximum atomic E-state index is 8.85. The average molecular weight is 261 g/mol. The van der Waals surface area contributed by atoms with Crippen molar-refractivity contribution in [2.45, 2.75) is 0 Å². The number of nitrogens with two attached hydrogens (primary N) is 1. The van der Waals surface area contributed by atoms with Crippen LogP contribution in [-0.2, 0) is 0 Å². The molecule has 0 amide bonds. The number of aromatic nitrogens is 3. The first-order valence-corrected chi connectivity index (χ1v) is 5.39. The molecule has 2 aromatic rings. The zero-order valence-corrected chi connectivity index (χ0v) is 10.3. The second-order valence-corrected chi connectivity index (χ2v) is 3.82. The Labute approximate surface area is 109 Å². The summed E-state index contributed by atoms with van der Waals surface area (Å²) in [5, 5.41) is 8.88. The van der Waals surface area contributed by atoms with Crippen LogP contribution in [0, 0.1) is 11.3 Å². The third kappa shape index (κ3) is 2.47. The Bertz CT molecular complexity index is 601. The van der Waals surface area contributed by atoms with E-state index in [1.165, 1.54) is 0 Å². The van der Waals surface area contributed by atoms with Crippen molar-refractivity contribution in [1.29, 1.82) is 5.26 Å². The van der Waals surface area contributed by atoms with E-state index in [2.05, 4.69) is 21.0 Å². The smallest absolute Gasteiger partial charge is 0.235 e. The summed E-state index contributed by atoms with van der Waals surface area (Å²) >= 11 is 5.72. The van der Waals surface area contributed by atoms with Crippen LogP contribution in [0.5, 0.6) is 0 Å². The molecule has 0 spiro atoms. The normalized spacial score (nSPS) is 9.83. The second kappa shape index (κ2) is 4.85. The molecule has 0 aliphatic heterocycles. The van der Waals surface area contributed by atoms with Gasteiger partial charge in [-0.15, -0.1) is 0 Å². The maximum Gasteiger partial charge on any atom is 0.235 e. The lowest BCUT2D eigenvalue weighted by molar-refractivity contribution is 0.996. The SMILES string of the molecule is CN(c1cccc(C#N)c1)c1nc(N)nc(Cl)n1. The molecule has 0 saturated heterocycles. The number of nitriles is 1. The molecule has 1 aromatic heterocycles. The van der Waals surface area contributed by atoms with Gasteiger partial charge in [-0.05, 0) is 29.8 Å². The van der Waals surface area contributed by atoms with E-state index in [4.69, 9.17) is 22.6 Å². The summed E-state index contributed by atoms with van der Waals surface area (Å²) in [7, 11) is 1.75. The van der Waals surface area contributed by atoms with Crippen LogP contribution in [0.4, 0.5) is 17.6 Å². The lowest BCUT2D eigenvalue weighted by Gasteiger charge is -2.17. The van der Waals surface area contributed by atoms with Crippen LogP contribution in [0.1, 0.15) is 5.56 Å². The number of benzene rings is 1. The Morgan fingerprint density at radius 2 is 2.11 bits per heavy atom. The van der Waals surface area contributed by atoms with E-state index in [0.29, 0.717) is 11.5 Å². The summed E-state index contributed by atoms with van der Waals surface area (Å²) in [6, 6.07) is 9.10. The van der Waals surface area contributed by atoms with Crippen molar-refractivity contribution in [1.82, 2.24) is 15.0 Å². The molecule has 0 bridgehead atoms. The summed E-state index contributed by atoms with van der Waals surface area (Å²) in [6.45, 7) is 0. The fraction of sp³-hybridized carbons (Fsp3) is 0.0909. The summed E-state index contributed by atoms with van der Waals surface area (Å²) in [5.41, 5.74) is 6.81. The van der Waals surface area contributed by atoms with E-state index in [0.717, 1.165) is 5.69 Å². The summed E-state index contributed by atoms with van der Waals surface area (Å²) in [5.74, 6) is 0.371. The Kier molecular flexibility index (Phi) is 3.26. The molecule has 0 unspecified atom stereocenters. The minimum Gasteiger partial charge on any atom is -0.368 e. The average Bonchev–Trinajstić information content (AvgIpc) is 2.37. The van der Waals surface area contributed by atoms with Crippen molar-refractivity contribution in [3.8, 4) is 6.07 Å². The molecule has 1 heterocycles. The fourth-order valence-corrected chi connectivity index (χ4v) is 1.57. The van der Waals surface area contributed by atoms with E-state index in [1.54, 1.807) is 30.1 Å². The highest BCUT2D eigenvalue weighted by Crippen LogP contribution is 2.22. The van der Waals surface area contributed by atoms with Crippen molar-refractivity contribution >= 4 is 29.2 Å². The third-order valence-corrected chi connectivity index (χ3v) is 2.45. The minimum absolute atomic E-state index is 0.0285. The first-order chi connectivity index (χ1) is 8.60. The van der Waals surface area contributed by atoms with Crippen LogP contribution in [0.25, 0.3) is 0 Å². The summed E-state index contributed by atoms with van der Waals surface area (Å²) in [6.07, 6.45) is 0. The van der Waals surface area contributed by atoms with Crippen LogP contribution < -0.4 is 10.6 Å². The van der Waals surface area contributed by atoms with E-state index >= 15 is 0 Å². The van der Waals surface area contributed by atoms with E-state index in [-0.39, 0.29) is 11.2 Å². The molecule has 18 heavy (non-hydrogen) atoms. The monoisotopic (exact) mass is 260 g/mol. The number of hydrogen-bond acceptors (Lipinski definition) is 6. The Balaban J connectivity index is 2.41. The molecule has 6 nitrogen and oxygen atoms in total. The van der Waals surface area contributed by atoms with Gasteiger partial charge in [0.25, 0.3) is 0 Å². The van der Waals surface area contributed by atoms with Gasteiger partial charge in [0.15, 0.2) is 0 Å². The minimum atomic E-state index is 0.0285. The molecule has 0 aliphatic rings. The fourth-order valence-electron chi connectivity index (χ4n) is 1.40. The van der Waals surface area contributed by atoms with Gasteiger partial charge in [-0.25, -0.2) is 0 Å². The zero-order valence-electron chi connectivity index (χ0n) is 9.50. The van der Waals surface area contributed by atoms with E-state index < -0.39 is 0 Å². The van der Waals surface area contributed by atoms with Gasteiger partial charge >= 0.3 is 0 Å². The lowest BCUT2D eigenvalue weighted by atomic mass is 10.2. The van der Waals surface area contributed by atoms with Crippen LogP contribution in [0.3, 0.4) is 0 Å². The highest BCUT2D eigenvalue weighted by molar-refractivity contribution is 6.28. The van der Waals surface area contributed by atoms with Crippen molar-refractivity contribution in [3.05, 3.63) is 35.1 Å². The molecular weight excluding hydrogens is 252 g/mol. The predicted molar refractivity (Wildman–Crippen MR) is 68.5 cm³/mol. The molecule has 0 atom stereocenters. The maximum absolute atomic E-state index is 8.85. The van der Waals surface area contributed by atoms with Gasteiger partial charge in [-0.2, -0.15) is 20.2 Å².